The molecule has 2 N–H and O–H groups in total. The van der Waals surface area contributed by atoms with Crippen molar-refractivity contribution in [2.45, 2.75) is 12.3 Å². The number of cyclic esters (lactones) is 1. The predicted octanol–water partition coefficient (Wildman–Crippen LogP) is 1.41. The third-order valence-corrected chi connectivity index (χ3v) is 3.70. The molecule has 1 aromatic rings. The molecular formula is C14H19ClFN3O3. The molecule has 2 fully saturated rings. The minimum absolute atomic E-state index is 0. The standard InChI is InChI=1S/C14H18FN3O3.ClH/c1-16-13-8-18(14(19)21-13)9-2-3-10(11(15)6-9)12-7-17-4-5-20-12;/h2-3,6,12-13,16-17H,4-5,7-8H2,1H3;1H. The number of carbonyl (C=O) groups excluding carboxylic acids is 1. The summed E-state index contributed by atoms with van der Waals surface area (Å²) in [6.07, 6.45) is -1.13. The zero-order valence-corrected chi connectivity index (χ0v) is 13.0. The fourth-order valence-electron chi connectivity index (χ4n) is 2.53. The Balaban J connectivity index is 0.00000176. The lowest BCUT2D eigenvalue weighted by atomic mass is 10.1. The van der Waals surface area contributed by atoms with Gasteiger partial charge in [-0.15, -0.1) is 12.4 Å². The van der Waals surface area contributed by atoms with E-state index in [1.807, 2.05) is 0 Å². The number of morpholine rings is 1. The van der Waals surface area contributed by atoms with Gasteiger partial charge in [-0.25, -0.2) is 9.18 Å². The van der Waals surface area contributed by atoms with E-state index in [0.29, 0.717) is 30.9 Å². The molecule has 2 unspecified atom stereocenters. The molecule has 1 amide bonds. The molecule has 0 aliphatic carbocycles. The first-order valence-electron chi connectivity index (χ1n) is 6.96. The van der Waals surface area contributed by atoms with Crippen LogP contribution in [0.5, 0.6) is 0 Å². The highest BCUT2D eigenvalue weighted by Gasteiger charge is 2.32. The van der Waals surface area contributed by atoms with Crippen LogP contribution in [-0.4, -0.2) is 45.6 Å². The van der Waals surface area contributed by atoms with E-state index in [2.05, 4.69) is 10.6 Å². The lowest BCUT2D eigenvalue weighted by Crippen LogP contribution is -2.34. The highest BCUT2D eigenvalue weighted by molar-refractivity contribution is 5.89. The number of likely N-dealkylation sites (N-methyl/N-ethyl adjacent to an activating group) is 1. The van der Waals surface area contributed by atoms with Gasteiger partial charge in [0.05, 0.1) is 24.9 Å². The first-order valence-corrected chi connectivity index (χ1v) is 6.96. The quantitative estimate of drug-likeness (QED) is 0.877. The molecule has 2 atom stereocenters. The molecule has 3 rings (SSSR count). The highest BCUT2D eigenvalue weighted by atomic mass is 35.5. The number of benzene rings is 1. The molecule has 2 saturated heterocycles. The Morgan fingerprint density at radius 1 is 1.45 bits per heavy atom. The molecule has 6 nitrogen and oxygen atoms in total. The average molecular weight is 332 g/mol. The van der Waals surface area contributed by atoms with Crippen molar-refractivity contribution in [1.29, 1.82) is 0 Å². The Hall–Kier alpha value is -1.41. The third kappa shape index (κ3) is 3.33. The monoisotopic (exact) mass is 331 g/mol. The van der Waals surface area contributed by atoms with Crippen LogP contribution in [0.2, 0.25) is 0 Å². The average Bonchev–Trinajstić information content (AvgIpc) is 2.89. The minimum Gasteiger partial charge on any atom is -0.428 e. The van der Waals surface area contributed by atoms with Crippen LogP contribution in [-0.2, 0) is 9.47 Å². The van der Waals surface area contributed by atoms with Gasteiger partial charge < -0.3 is 14.8 Å². The normalized spacial score (nSPS) is 24.8. The molecule has 0 radical (unpaired) electrons. The van der Waals surface area contributed by atoms with E-state index in [-0.39, 0.29) is 30.6 Å². The molecule has 122 valence electrons. The van der Waals surface area contributed by atoms with E-state index in [9.17, 15) is 9.18 Å². The first kappa shape index (κ1) is 17.0. The van der Waals surface area contributed by atoms with Crippen LogP contribution in [0.4, 0.5) is 14.9 Å². The lowest BCUT2D eigenvalue weighted by Gasteiger charge is -2.25. The van der Waals surface area contributed by atoms with E-state index in [1.54, 1.807) is 19.2 Å². The Kier molecular flexibility index (Phi) is 5.57. The van der Waals surface area contributed by atoms with Gasteiger partial charge in [0.1, 0.15) is 5.82 Å². The van der Waals surface area contributed by atoms with Crippen LogP contribution in [0.3, 0.4) is 0 Å². The number of hydrogen-bond acceptors (Lipinski definition) is 5. The molecule has 2 heterocycles. The van der Waals surface area contributed by atoms with E-state index < -0.39 is 6.09 Å². The van der Waals surface area contributed by atoms with Crippen LogP contribution in [0.15, 0.2) is 18.2 Å². The minimum atomic E-state index is -0.475. The van der Waals surface area contributed by atoms with Gasteiger partial charge in [0.15, 0.2) is 6.23 Å². The molecule has 22 heavy (non-hydrogen) atoms. The molecule has 8 heteroatoms. The van der Waals surface area contributed by atoms with Crippen molar-refractivity contribution in [3.05, 3.63) is 29.6 Å². The maximum Gasteiger partial charge on any atom is 0.416 e. The van der Waals surface area contributed by atoms with Crippen molar-refractivity contribution >= 4 is 24.2 Å². The molecular weight excluding hydrogens is 313 g/mol. The van der Waals surface area contributed by atoms with E-state index in [4.69, 9.17) is 9.47 Å². The van der Waals surface area contributed by atoms with E-state index >= 15 is 0 Å². The molecule has 0 spiro atoms. The van der Waals surface area contributed by atoms with Gasteiger partial charge >= 0.3 is 6.09 Å². The van der Waals surface area contributed by atoms with Gasteiger partial charge in [0.25, 0.3) is 0 Å². The van der Waals surface area contributed by atoms with Gasteiger partial charge in [0, 0.05) is 18.7 Å². The fraction of sp³-hybridized carbons (Fsp3) is 0.500. The lowest BCUT2D eigenvalue weighted by molar-refractivity contribution is 0.0255. The number of nitrogens with one attached hydrogen (secondary N) is 2. The Morgan fingerprint density at radius 3 is 2.86 bits per heavy atom. The largest absolute Gasteiger partial charge is 0.428 e. The second-order valence-electron chi connectivity index (χ2n) is 5.04. The Morgan fingerprint density at radius 2 is 2.27 bits per heavy atom. The number of ether oxygens (including phenoxy) is 2. The summed E-state index contributed by atoms with van der Waals surface area (Å²) in [6.45, 7) is 2.29. The summed E-state index contributed by atoms with van der Waals surface area (Å²) < 4.78 is 24.9. The topological polar surface area (TPSA) is 62.8 Å². The number of amides is 1. The number of carbonyl (C=O) groups is 1. The van der Waals surface area contributed by atoms with Crippen LogP contribution in [0.25, 0.3) is 0 Å². The van der Waals surface area contributed by atoms with Gasteiger partial charge in [-0.05, 0) is 19.2 Å². The maximum atomic E-state index is 14.3. The smallest absolute Gasteiger partial charge is 0.416 e. The van der Waals surface area contributed by atoms with E-state index in [1.165, 1.54) is 11.0 Å². The van der Waals surface area contributed by atoms with Crippen LogP contribution < -0.4 is 15.5 Å². The number of halogens is 2. The molecule has 0 bridgehead atoms. The molecule has 1 aromatic carbocycles. The van der Waals surface area contributed by atoms with Crippen molar-refractivity contribution in [2.75, 3.05) is 38.2 Å². The van der Waals surface area contributed by atoms with Crippen molar-refractivity contribution in [3.63, 3.8) is 0 Å². The summed E-state index contributed by atoms with van der Waals surface area (Å²) in [4.78, 5) is 13.2. The number of hydrogen-bond donors (Lipinski definition) is 2. The molecule has 2 aliphatic heterocycles. The van der Waals surface area contributed by atoms with Gasteiger partial charge in [0.2, 0.25) is 0 Å². The summed E-state index contributed by atoms with van der Waals surface area (Å²) in [5.74, 6) is -0.373. The van der Waals surface area contributed by atoms with Crippen molar-refractivity contribution < 1.29 is 18.7 Å². The Bertz CT molecular complexity index is 540. The molecule has 0 aromatic heterocycles. The first-order chi connectivity index (χ1) is 10.2. The third-order valence-electron chi connectivity index (χ3n) is 3.70. The van der Waals surface area contributed by atoms with Crippen molar-refractivity contribution in [3.8, 4) is 0 Å². The van der Waals surface area contributed by atoms with Gasteiger partial charge in [-0.2, -0.15) is 0 Å². The highest BCUT2D eigenvalue weighted by Crippen LogP contribution is 2.27. The summed E-state index contributed by atoms with van der Waals surface area (Å²) in [5.41, 5.74) is 0.992. The van der Waals surface area contributed by atoms with Crippen molar-refractivity contribution in [2.24, 2.45) is 0 Å². The van der Waals surface area contributed by atoms with Gasteiger partial charge in [-0.3, -0.25) is 10.2 Å². The summed E-state index contributed by atoms with van der Waals surface area (Å²) in [5, 5.41) is 6.03. The van der Waals surface area contributed by atoms with Crippen LogP contribution >= 0.6 is 12.4 Å². The number of anilines is 1. The van der Waals surface area contributed by atoms with Crippen molar-refractivity contribution in [1.82, 2.24) is 10.6 Å². The summed E-state index contributed by atoms with van der Waals surface area (Å²) in [7, 11) is 1.71. The SMILES string of the molecule is CNC1CN(c2ccc(C3CNCCO3)c(F)c2)C(=O)O1.Cl. The second-order valence-corrected chi connectivity index (χ2v) is 5.04. The zero-order valence-electron chi connectivity index (χ0n) is 12.2. The zero-order chi connectivity index (χ0) is 14.8. The molecule has 0 saturated carbocycles. The van der Waals surface area contributed by atoms with Gasteiger partial charge in [-0.1, -0.05) is 6.07 Å². The number of nitrogens with zero attached hydrogens (tertiary/aromatic N) is 1. The summed E-state index contributed by atoms with van der Waals surface area (Å²) in [6, 6.07) is 4.74. The summed E-state index contributed by atoms with van der Waals surface area (Å²) >= 11 is 0. The predicted molar refractivity (Wildman–Crippen MR) is 81.9 cm³/mol. The van der Waals surface area contributed by atoms with Crippen LogP contribution in [0, 0.1) is 5.82 Å². The number of rotatable bonds is 3. The maximum absolute atomic E-state index is 14.3. The Labute approximate surface area is 134 Å². The fourth-order valence-corrected chi connectivity index (χ4v) is 2.53. The second kappa shape index (κ2) is 7.23. The van der Waals surface area contributed by atoms with E-state index in [0.717, 1.165) is 6.54 Å². The molecule has 2 aliphatic rings. The van der Waals surface area contributed by atoms with Crippen LogP contribution in [0.1, 0.15) is 11.7 Å².